The molecule has 0 fully saturated rings. The van der Waals surface area contributed by atoms with Crippen molar-refractivity contribution < 1.29 is 0 Å². The number of nitrogens with zero attached hydrogens (tertiary/aromatic N) is 1. The minimum Gasteiger partial charge on any atom is -0.310 e. The largest absolute Gasteiger partial charge is 0.310 e. The highest BCUT2D eigenvalue weighted by atomic mass is 15.1. The zero-order chi connectivity index (χ0) is 47.7. The van der Waals surface area contributed by atoms with Gasteiger partial charge in [-0.1, -0.05) is 226 Å². The van der Waals surface area contributed by atoms with E-state index < -0.39 is 5.41 Å². The number of rotatable bonds is 6. The molecule has 11 aromatic carbocycles. The molecule has 4 aliphatic rings. The molecule has 0 aromatic heterocycles. The van der Waals surface area contributed by atoms with E-state index in [1.807, 2.05) is 0 Å². The lowest BCUT2D eigenvalue weighted by Crippen LogP contribution is -2.26. The lowest BCUT2D eigenvalue weighted by Gasteiger charge is -2.33. The average Bonchev–Trinajstić information content (AvgIpc) is 4.12. The van der Waals surface area contributed by atoms with E-state index in [0.29, 0.717) is 0 Å². The Hall–Kier alpha value is -8.78. The zero-order valence-corrected chi connectivity index (χ0v) is 40.3. The van der Waals surface area contributed by atoms with Gasteiger partial charge in [-0.25, -0.2) is 0 Å². The summed E-state index contributed by atoms with van der Waals surface area (Å²) in [6.07, 6.45) is 0. The third kappa shape index (κ3) is 5.65. The Balaban J connectivity index is 0.999. The summed E-state index contributed by atoms with van der Waals surface area (Å²) in [7, 11) is 0. The van der Waals surface area contributed by atoms with Crippen LogP contribution in [0.25, 0.3) is 66.8 Å². The Labute approximate surface area is 422 Å². The number of anilines is 3. The lowest BCUT2D eigenvalue weighted by molar-refractivity contribution is 0.660. The molecule has 15 rings (SSSR count). The van der Waals surface area contributed by atoms with E-state index in [4.69, 9.17) is 0 Å². The van der Waals surface area contributed by atoms with Crippen molar-refractivity contribution >= 4 is 17.1 Å². The highest BCUT2D eigenvalue weighted by Crippen LogP contribution is 2.65. The Kier molecular flexibility index (Phi) is 8.76. The number of fused-ring (bicyclic) bond motifs is 16. The maximum Gasteiger partial charge on any atom is 0.0726 e. The molecule has 338 valence electrons. The standard InChI is InChI=1S/C71H49N/c1-70(2)62-32-15-11-27-53(62)56-39-37-50(43-66(56)70)72(49-25-19-24-48(40-49)68-57-30-10-9-26-52(57)61-41-47(36-38-58(61)68)45-20-5-3-6-21-45)51-42-60(46-22-7-4-8-23-46)69-59-31-14-18-35-65(59)71(67(69)44-51)63-33-16-12-28-54(63)55-29-13-17-34-64(55)71/h3-44,68H,1-2H3. The van der Waals surface area contributed by atoms with E-state index in [1.165, 1.54) is 117 Å². The van der Waals surface area contributed by atoms with Gasteiger partial charge in [0.2, 0.25) is 0 Å². The van der Waals surface area contributed by atoms with Crippen LogP contribution in [0.15, 0.2) is 255 Å². The molecular weight excluding hydrogens is 867 g/mol. The van der Waals surface area contributed by atoms with Gasteiger partial charge in [-0.05, 0) is 159 Å². The van der Waals surface area contributed by atoms with Crippen LogP contribution in [0, 0.1) is 0 Å². The van der Waals surface area contributed by atoms with Gasteiger partial charge in [0.05, 0.1) is 5.41 Å². The van der Waals surface area contributed by atoms with Crippen LogP contribution in [-0.2, 0) is 10.8 Å². The highest BCUT2D eigenvalue weighted by Gasteiger charge is 2.52. The quantitative estimate of drug-likeness (QED) is 0.161. The second-order valence-electron chi connectivity index (χ2n) is 20.7. The molecule has 0 saturated heterocycles. The third-order valence-corrected chi connectivity index (χ3v) is 16.7. The summed E-state index contributed by atoms with van der Waals surface area (Å²) >= 11 is 0. The Morgan fingerprint density at radius 3 is 1.53 bits per heavy atom. The van der Waals surface area contributed by atoms with Gasteiger partial charge in [0.15, 0.2) is 0 Å². The maximum atomic E-state index is 2.57. The van der Waals surface area contributed by atoms with E-state index in [-0.39, 0.29) is 11.3 Å². The van der Waals surface area contributed by atoms with Crippen LogP contribution < -0.4 is 4.90 Å². The predicted octanol–water partition coefficient (Wildman–Crippen LogP) is 18.3. The minimum atomic E-state index is -0.524. The molecule has 72 heavy (non-hydrogen) atoms. The minimum absolute atomic E-state index is 0.0698. The summed E-state index contributed by atoms with van der Waals surface area (Å²) in [6.45, 7) is 4.78. The molecule has 1 heteroatoms. The van der Waals surface area contributed by atoms with Gasteiger partial charge >= 0.3 is 0 Å². The molecule has 0 saturated carbocycles. The first-order chi connectivity index (χ1) is 35.5. The summed E-state index contributed by atoms with van der Waals surface area (Å²) in [5, 5.41) is 0. The maximum absolute atomic E-state index is 2.57. The van der Waals surface area contributed by atoms with Gasteiger partial charge in [-0.3, -0.25) is 0 Å². The van der Waals surface area contributed by atoms with Crippen LogP contribution in [0.4, 0.5) is 17.1 Å². The van der Waals surface area contributed by atoms with Crippen molar-refractivity contribution in [2.75, 3.05) is 4.90 Å². The molecule has 4 aliphatic carbocycles. The molecular formula is C71H49N. The summed E-state index contributed by atoms with van der Waals surface area (Å²) in [6, 6.07) is 96.3. The summed E-state index contributed by atoms with van der Waals surface area (Å²) in [5.41, 5.74) is 30.1. The second kappa shape index (κ2) is 15.4. The van der Waals surface area contributed by atoms with Gasteiger partial charge in [0, 0.05) is 28.4 Å². The second-order valence-corrected chi connectivity index (χ2v) is 20.7. The molecule has 0 aliphatic heterocycles. The van der Waals surface area contributed by atoms with Crippen molar-refractivity contribution in [3.63, 3.8) is 0 Å². The molecule has 0 heterocycles. The van der Waals surface area contributed by atoms with Crippen molar-refractivity contribution in [3.8, 4) is 66.8 Å². The van der Waals surface area contributed by atoms with E-state index in [9.17, 15) is 0 Å². The average molecular weight is 916 g/mol. The van der Waals surface area contributed by atoms with Gasteiger partial charge in [-0.2, -0.15) is 0 Å². The SMILES string of the molecule is CC1(C)c2ccccc2-c2ccc(N(c3cccc(C4c5ccccc5-c5cc(-c6ccccc6)ccc54)c3)c3cc(-c4ccccc4)c4c(c3)C3(c5ccccc5-c5ccccc53)c3ccccc3-4)cc21. The fourth-order valence-corrected chi connectivity index (χ4v) is 13.7. The fraction of sp³-hybridized carbons (Fsp3) is 0.0704. The first-order valence-corrected chi connectivity index (χ1v) is 25.4. The normalized spacial score (nSPS) is 15.2. The molecule has 1 unspecified atom stereocenters. The van der Waals surface area contributed by atoms with Gasteiger partial charge < -0.3 is 4.90 Å². The Morgan fingerprint density at radius 2 is 0.819 bits per heavy atom. The Morgan fingerprint density at radius 1 is 0.292 bits per heavy atom. The summed E-state index contributed by atoms with van der Waals surface area (Å²) < 4.78 is 0. The Bertz CT molecular complexity index is 3980. The summed E-state index contributed by atoms with van der Waals surface area (Å²) in [4.78, 5) is 2.57. The van der Waals surface area contributed by atoms with Crippen LogP contribution in [0.3, 0.4) is 0 Å². The van der Waals surface area contributed by atoms with Gasteiger partial charge in [0.25, 0.3) is 0 Å². The number of hydrogen-bond acceptors (Lipinski definition) is 1. The van der Waals surface area contributed by atoms with Crippen LogP contribution in [0.2, 0.25) is 0 Å². The van der Waals surface area contributed by atoms with Crippen LogP contribution in [0.1, 0.15) is 69.8 Å². The first-order valence-electron chi connectivity index (χ1n) is 25.4. The number of hydrogen-bond donors (Lipinski definition) is 0. The highest BCUT2D eigenvalue weighted by molar-refractivity contribution is 6.02. The third-order valence-electron chi connectivity index (χ3n) is 16.7. The molecule has 1 nitrogen and oxygen atoms in total. The summed E-state index contributed by atoms with van der Waals surface area (Å²) in [5.74, 6) is 0.0698. The fourth-order valence-electron chi connectivity index (χ4n) is 13.7. The van der Waals surface area contributed by atoms with Crippen molar-refractivity contribution in [2.45, 2.75) is 30.6 Å². The molecule has 0 bridgehead atoms. The number of benzene rings is 11. The smallest absolute Gasteiger partial charge is 0.0726 e. The predicted molar refractivity (Wildman–Crippen MR) is 299 cm³/mol. The van der Waals surface area contributed by atoms with E-state index in [2.05, 4.69) is 274 Å². The van der Waals surface area contributed by atoms with Crippen LogP contribution in [0.5, 0.6) is 0 Å². The van der Waals surface area contributed by atoms with Gasteiger partial charge in [-0.15, -0.1) is 0 Å². The van der Waals surface area contributed by atoms with Crippen LogP contribution >= 0.6 is 0 Å². The lowest BCUT2D eigenvalue weighted by atomic mass is 9.70. The van der Waals surface area contributed by atoms with E-state index in [0.717, 1.165) is 17.1 Å². The molecule has 0 amide bonds. The van der Waals surface area contributed by atoms with E-state index in [1.54, 1.807) is 0 Å². The molecule has 0 N–H and O–H groups in total. The van der Waals surface area contributed by atoms with Gasteiger partial charge in [0.1, 0.15) is 0 Å². The van der Waals surface area contributed by atoms with Crippen molar-refractivity contribution in [3.05, 3.63) is 305 Å². The van der Waals surface area contributed by atoms with Crippen molar-refractivity contribution in [1.29, 1.82) is 0 Å². The van der Waals surface area contributed by atoms with Crippen molar-refractivity contribution in [2.24, 2.45) is 0 Å². The molecule has 0 radical (unpaired) electrons. The topological polar surface area (TPSA) is 3.24 Å². The first kappa shape index (κ1) is 41.0. The van der Waals surface area contributed by atoms with Crippen molar-refractivity contribution in [1.82, 2.24) is 0 Å². The molecule has 11 aromatic rings. The van der Waals surface area contributed by atoms with Crippen LogP contribution in [-0.4, -0.2) is 0 Å². The monoisotopic (exact) mass is 915 g/mol. The molecule has 1 atom stereocenters. The van der Waals surface area contributed by atoms with E-state index >= 15 is 0 Å². The zero-order valence-electron chi connectivity index (χ0n) is 40.3. The molecule has 1 spiro atoms.